The maximum absolute atomic E-state index is 13.7. The molecule has 1 heterocycles. The molecule has 0 unspecified atom stereocenters. The second kappa shape index (κ2) is 5.13. The summed E-state index contributed by atoms with van der Waals surface area (Å²) in [4.78, 5) is 12.1. The second-order valence-corrected chi connectivity index (χ2v) is 5.01. The monoisotopic (exact) mass is 290 g/mol. The number of anilines is 2. The summed E-state index contributed by atoms with van der Waals surface area (Å²) in [5.74, 6) is -0.966. The molecule has 0 saturated heterocycles. The largest absolute Gasteiger partial charge is 0.384 e. The number of hydrogen-bond donors (Lipinski definition) is 2. The van der Waals surface area contributed by atoms with E-state index in [1.165, 1.54) is 12.1 Å². The molecule has 1 aliphatic rings. The van der Waals surface area contributed by atoms with E-state index >= 15 is 0 Å². The highest BCUT2D eigenvalue weighted by atomic mass is 35.5. The molecular weight excluding hydrogens is 279 g/mol. The number of amides is 1. The van der Waals surface area contributed by atoms with Crippen LogP contribution in [0.4, 0.5) is 15.8 Å². The molecule has 0 aliphatic carbocycles. The quantitative estimate of drug-likeness (QED) is 0.885. The second-order valence-electron chi connectivity index (χ2n) is 4.60. The summed E-state index contributed by atoms with van der Waals surface area (Å²) in [6.07, 6.45) is 0.891. The van der Waals surface area contributed by atoms with Crippen molar-refractivity contribution in [3.63, 3.8) is 0 Å². The molecule has 0 bridgehead atoms. The van der Waals surface area contributed by atoms with Gasteiger partial charge in [-0.2, -0.15) is 0 Å². The van der Waals surface area contributed by atoms with Crippen molar-refractivity contribution >= 4 is 28.9 Å². The Morgan fingerprint density at radius 2 is 2.15 bits per heavy atom. The van der Waals surface area contributed by atoms with E-state index in [1.54, 1.807) is 12.1 Å². The molecule has 0 aromatic heterocycles. The van der Waals surface area contributed by atoms with E-state index in [-0.39, 0.29) is 16.6 Å². The predicted octanol–water partition coefficient (Wildman–Crippen LogP) is 3.70. The highest BCUT2D eigenvalue weighted by Gasteiger charge is 2.15. The molecule has 3 rings (SSSR count). The number of nitrogens with one attached hydrogen (secondary N) is 2. The molecule has 20 heavy (non-hydrogen) atoms. The summed E-state index contributed by atoms with van der Waals surface area (Å²) < 4.78 is 13.7. The fourth-order valence-corrected chi connectivity index (χ4v) is 2.42. The molecule has 2 aromatic rings. The van der Waals surface area contributed by atoms with E-state index in [4.69, 9.17) is 11.6 Å². The lowest BCUT2D eigenvalue weighted by Crippen LogP contribution is -2.13. The Labute approximate surface area is 120 Å². The van der Waals surface area contributed by atoms with E-state index < -0.39 is 5.82 Å². The van der Waals surface area contributed by atoms with E-state index in [0.717, 1.165) is 24.2 Å². The molecule has 1 amide bonds. The average Bonchev–Trinajstić information content (AvgIpc) is 2.91. The van der Waals surface area contributed by atoms with Gasteiger partial charge in [0.05, 0.1) is 10.7 Å². The number of fused-ring (bicyclic) bond motifs is 1. The molecular formula is C15H12ClFN2O. The van der Waals surface area contributed by atoms with Crippen LogP contribution in [0.3, 0.4) is 0 Å². The van der Waals surface area contributed by atoms with Crippen molar-refractivity contribution in [3.8, 4) is 0 Å². The molecule has 0 radical (unpaired) electrons. The molecule has 2 N–H and O–H groups in total. The number of rotatable bonds is 2. The van der Waals surface area contributed by atoms with Crippen molar-refractivity contribution in [3.05, 3.63) is 58.4 Å². The minimum atomic E-state index is -0.620. The first kappa shape index (κ1) is 12.9. The fraction of sp³-hybridized carbons (Fsp3) is 0.133. The Morgan fingerprint density at radius 1 is 1.30 bits per heavy atom. The van der Waals surface area contributed by atoms with Crippen LogP contribution < -0.4 is 10.6 Å². The topological polar surface area (TPSA) is 41.1 Å². The number of benzene rings is 2. The third-order valence-corrected chi connectivity index (χ3v) is 3.57. The molecule has 2 aromatic carbocycles. The minimum Gasteiger partial charge on any atom is -0.384 e. The summed E-state index contributed by atoms with van der Waals surface area (Å²) >= 11 is 5.69. The highest BCUT2D eigenvalue weighted by molar-refractivity contribution is 6.31. The molecule has 0 atom stereocenters. The average molecular weight is 291 g/mol. The Hall–Kier alpha value is -2.07. The third-order valence-electron chi connectivity index (χ3n) is 3.28. The Kier molecular flexibility index (Phi) is 3.32. The van der Waals surface area contributed by atoms with Gasteiger partial charge in [0.15, 0.2) is 5.82 Å². The fourth-order valence-electron chi connectivity index (χ4n) is 2.24. The van der Waals surface area contributed by atoms with Gasteiger partial charge in [0, 0.05) is 17.8 Å². The maximum atomic E-state index is 13.7. The normalized spacial score (nSPS) is 12.7. The number of halogens is 2. The van der Waals surface area contributed by atoms with Crippen LogP contribution in [-0.2, 0) is 6.42 Å². The van der Waals surface area contributed by atoms with Crippen molar-refractivity contribution in [1.29, 1.82) is 0 Å². The van der Waals surface area contributed by atoms with Crippen LogP contribution in [0.5, 0.6) is 0 Å². The van der Waals surface area contributed by atoms with E-state index in [2.05, 4.69) is 10.6 Å². The lowest BCUT2D eigenvalue weighted by Gasteiger charge is -2.08. The van der Waals surface area contributed by atoms with Crippen LogP contribution in [-0.4, -0.2) is 12.5 Å². The van der Waals surface area contributed by atoms with E-state index in [9.17, 15) is 9.18 Å². The number of hydrogen-bond acceptors (Lipinski definition) is 2. The van der Waals surface area contributed by atoms with Crippen LogP contribution in [0.1, 0.15) is 15.9 Å². The zero-order chi connectivity index (χ0) is 14.1. The first-order valence-electron chi connectivity index (χ1n) is 6.27. The zero-order valence-corrected chi connectivity index (χ0v) is 11.3. The Balaban J connectivity index is 1.84. The first-order chi connectivity index (χ1) is 9.65. The molecule has 3 nitrogen and oxygen atoms in total. The third kappa shape index (κ3) is 2.34. The van der Waals surface area contributed by atoms with E-state index in [0.29, 0.717) is 5.56 Å². The van der Waals surface area contributed by atoms with Crippen molar-refractivity contribution < 1.29 is 9.18 Å². The lowest BCUT2D eigenvalue weighted by molar-refractivity contribution is 0.102. The van der Waals surface area contributed by atoms with Gasteiger partial charge in [-0.25, -0.2) is 4.39 Å². The van der Waals surface area contributed by atoms with Gasteiger partial charge in [-0.15, -0.1) is 0 Å². The Bertz CT molecular complexity index is 688. The van der Waals surface area contributed by atoms with Gasteiger partial charge in [0.1, 0.15) is 0 Å². The summed E-state index contributed by atoms with van der Waals surface area (Å²) in [6, 6.07) is 9.92. The molecule has 5 heteroatoms. The van der Waals surface area contributed by atoms with Crippen LogP contribution in [0.2, 0.25) is 5.02 Å². The van der Waals surface area contributed by atoms with Gasteiger partial charge in [-0.1, -0.05) is 17.7 Å². The lowest BCUT2D eigenvalue weighted by atomic mass is 10.1. The van der Waals surface area contributed by atoms with Crippen LogP contribution in [0, 0.1) is 5.82 Å². The minimum absolute atomic E-state index is 0.0130. The van der Waals surface area contributed by atoms with Crippen LogP contribution >= 0.6 is 11.6 Å². The van der Waals surface area contributed by atoms with Crippen molar-refractivity contribution in [2.75, 3.05) is 17.2 Å². The maximum Gasteiger partial charge on any atom is 0.255 e. The summed E-state index contributed by atoms with van der Waals surface area (Å²) in [5, 5.41) is 5.75. The molecule has 0 fully saturated rings. The smallest absolute Gasteiger partial charge is 0.255 e. The Morgan fingerprint density at radius 3 is 3.00 bits per heavy atom. The van der Waals surface area contributed by atoms with Gasteiger partial charge >= 0.3 is 0 Å². The molecule has 1 aliphatic heterocycles. The number of carbonyl (C=O) groups excluding carboxylic acids is 1. The molecule has 0 saturated carbocycles. The summed E-state index contributed by atoms with van der Waals surface area (Å²) in [5.41, 5.74) is 2.74. The van der Waals surface area contributed by atoms with Crippen LogP contribution in [0.25, 0.3) is 0 Å². The number of carbonyl (C=O) groups is 1. The van der Waals surface area contributed by atoms with E-state index in [1.807, 2.05) is 12.1 Å². The SMILES string of the molecule is O=C(Nc1cccc(Cl)c1F)c1ccc2c(c1)CCN2. The van der Waals surface area contributed by atoms with Crippen molar-refractivity contribution in [2.45, 2.75) is 6.42 Å². The van der Waals surface area contributed by atoms with Gasteiger partial charge in [-0.05, 0) is 42.3 Å². The molecule has 0 spiro atoms. The standard InChI is InChI=1S/C15H12ClFN2O/c16-11-2-1-3-13(14(11)17)19-15(20)10-4-5-12-9(8-10)6-7-18-12/h1-5,8,18H,6-7H2,(H,19,20). The molecule has 102 valence electrons. The van der Waals surface area contributed by atoms with Crippen molar-refractivity contribution in [1.82, 2.24) is 0 Å². The van der Waals surface area contributed by atoms with Crippen LogP contribution in [0.15, 0.2) is 36.4 Å². The van der Waals surface area contributed by atoms with Gasteiger partial charge in [-0.3, -0.25) is 4.79 Å². The summed E-state index contributed by atoms with van der Waals surface area (Å²) in [6.45, 7) is 0.878. The van der Waals surface area contributed by atoms with Gasteiger partial charge < -0.3 is 10.6 Å². The van der Waals surface area contributed by atoms with Crippen molar-refractivity contribution in [2.24, 2.45) is 0 Å². The predicted molar refractivity (Wildman–Crippen MR) is 78.0 cm³/mol. The summed E-state index contributed by atoms with van der Waals surface area (Å²) in [7, 11) is 0. The highest BCUT2D eigenvalue weighted by Crippen LogP contribution is 2.25. The van der Waals surface area contributed by atoms with Gasteiger partial charge in [0.2, 0.25) is 0 Å². The van der Waals surface area contributed by atoms with Gasteiger partial charge in [0.25, 0.3) is 5.91 Å². The zero-order valence-electron chi connectivity index (χ0n) is 10.5. The first-order valence-corrected chi connectivity index (χ1v) is 6.65.